The third-order valence-electron chi connectivity index (χ3n) is 2.94. The predicted molar refractivity (Wildman–Crippen MR) is 66.5 cm³/mol. The Morgan fingerprint density at radius 3 is 2.89 bits per heavy atom. The third kappa shape index (κ3) is 2.31. The number of rotatable bonds is 2. The molecule has 1 amide bonds. The normalized spacial score (nSPS) is 19.2. The Balaban J connectivity index is 2.21. The molecule has 1 aromatic heterocycles. The SMILES string of the molecule is COC(=O)C1CC(=O)N(c2ccc(Cl)c(C)n2)C1. The fraction of sp³-hybridized carbons (Fsp3) is 0.417. The number of methoxy groups -OCH3 is 1. The van der Waals surface area contributed by atoms with Crippen LogP contribution in [0.15, 0.2) is 12.1 Å². The maximum absolute atomic E-state index is 11.8. The molecule has 0 aliphatic carbocycles. The Labute approximate surface area is 110 Å². The first-order valence-corrected chi connectivity index (χ1v) is 5.92. The van der Waals surface area contributed by atoms with Crippen molar-refractivity contribution in [3.8, 4) is 0 Å². The zero-order valence-electron chi connectivity index (χ0n) is 10.1. The number of anilines is 1. The summed E-state index contributed by atoms with van der Waals surface area (Å²) in [7, 11) is 1.32. The first kappa shape index (κ1) is 12.8. The number of nitrogens with zero attached hydrogens (tertiary/aromatic N) is 2. The van der Waals surface area contributed by atoms with E-state index in [4.69, 9.17) is 11.6 Å². The second-order valence-electron chi connectivity index (χ2n) is 4.17. The molecule has 1 aliphatic heterocycles. The summed E-state index contributed by atoms with van der Waals surface area (Å²) >= 11 is 5.89. The number of ether oxygens (including phenoxy) is 1. The van der Waals surface area contributed by atoms with Gasteiger partial charge < -0.3 is 4.74 Å². The second-order valence-corrected chi connectivity index (χ2v) is 4.57. The summed E-state index contributed by atoms with van der Waals surface area (Å²) in [4.78, 5) is 29.0. The molecule has 6 heteroatoms. The Kier molecular flexibility index (Phi) is 3.52. The Morgan fingerprint density at radius 2 is 2.28 bits per heavy atom. The summed E-state index contributed by atoms with van der Waals surface area (Å²) in [5.41, 5.74) is 0.656. The number of pyridine rings is 1. The van der Waals surface area contributed by atoms with E-state index in [1.165, 1.54) is 12.0 Å². The van der Waals surface area contributed by atoms with Gasteiger partial charge in [-0.1, -0.05) is 11.6 Å². The number of aromatic nitrogens is 1. The smallest absolute Gasteiger partial charge is 0.311 e. The van der Waals surface area contributed by atoms with Gasteiger partial charge in [0.25, 0.3) is 0 Å². The van der Waals surface area contributed by atoms with Gasteiger partial charge in [0, 0.05) is 13.0 Å². The molecular formula is C12H13ClN2O3. The van der Waals surface area contributed by atoms with E-state index in [0.29, 0.717) is 23.1 Å². The van der Waals surface area contributed by atoms with Crippen molar-refractivity contribution in [3.05, 3.63) is 22.8 Å². The van der Waals surface area contributed by atoms with E-state index in [1.54, 1.807) is 19.1 Å². The number of carbonyl (C=O) groups excluding carboxylic acids is 2. The maximum Gasteiger partial charge on any atom is 0.311 e. The van der Waals surface area contributed by atoms with Gasteiger partial charge in [-0.05, 0) is 19.1 Å². The van der Waals surface area contributed by atoms with Crippen molar-refractivity contribution in [2.75, 3.05) is 18.6 Å². The quantitative estimate of drug-likeness (QED) is 0.764. The zero-order valence-corrected chi connectivity index (χ0v) is 10.9. The summed E-state index contributed by atoms with van der Waals surface area (Å²) in [6.45, 7) is 2.07. The highest BCUT2D eigenvalue weighted by Crippen LogP contribution is 2.26. The van der Waals surface area contributed by atoms with Gasteiger partial charge in [-0.25, -0.2) is 4.98 Å². The van der Waals surface area contributed by atoms with Crippen LogP contribution < -0.4 is 4.90 Å². The van der Waals surface area contributed by atoms with Gasteiger partial charge in [0.1, 0.15) is 5.82 Å². The van der Waals surface area contributed by atoms with Crippen molar-refractivity contribution in [2.45, 2.75) is 13.3 Å². The van der Waals surface area contributed by atoms with E-state index in [-0.39, 0.29) is 18.3 Å². The molecule has 1 aliphatic rings. The number of esters is 1. The second kappa shape index (κ2) is 4.94. The van der Waals surface area contributed by atoms with Crippen LogP contribution in [-0.4, -0.2) is 30.5 Å². The van der Waals surface area contributed by atoms with E-state index in [0.717, 1.165) is 0 Å². The highest BCUT2D eigenvalue weighted by Gasteiger charge is 2.36. The molecule has 0 radical (unpaired) electrons. The van der Waals surface area contributed by atoms with Gasteiger partial charge in [-0.15, -0.1) is 0 Å². The third-order valence-corrected chi connectivity index (χ3v) is 3.34. The predicted octanol–water partition coefficient (Wildman–Crippen LogP) is 1.57. The lowest BCUT2D eigenvalue weighted by atomic mass is 10.1. The van der Waals surface area contributed by atoms with Gasteiger partial charge in [-0.2, -0.15) is 0 Å². The molecule has 2 heterocycles. The van der Waals surface area contributed by atoms with Gasteiger partial charge in [0.15, 0.2) is 0 Å². The van der Waals surface area contributed by atoms with Gasteiger partial charge in [0.2, 0.25) is 5.91 Å². The number of aryl methyl sites for hydroxylation is 1. The molecular weight excluding hydrogens is 256 g/mol. The van der Waals surface area contributed by atoms with Gasteiger partial charge in [0.05, 0.1) is 23.7 Å². The molecule has 5 nitrogen and oxygen atoms in total. The van der Waals surface area contributed by atoms with Crippen molar-refractivity contribution < 1.29 is 14.3 Å². The molecule has 96 valence electrons. The van der Waals surface area contributed by atoms with Crippen LogP contribution in [0.25, 0.3) is 0 Å². The Hall–Kier alpha value is -1.62. The lowest BCUT2D eigenvalue weighted by Crippen LogP contribution is -2.27. The first-order valence-electron chi connectivity index (χ1n) is 5.54. The highest BCUT2D eigenvalue weighted by molar-refractivity contribution is 6.31. The molecule has 1 unspecified atom stereocenters. The fourth-order valence-electron chi connectivity index (χ4n) is 1.93. The van der Waals surface area contributed by atoms with Crippen LogP contribution in [0.4, 0.5) is 5.82 Å². The summed E-state index contributed by atoms with van der Waals surface area (Å²) in [5.74, 6) is -0.384. The molecule has 0 aromatic carbocycles. The summed E-state index contributed by atoms with van der Waals surface area (Å²) < 4.78 is 4.65. The van der Waals surface area contributed by atoms with Crippen LogP contribution in [0.5, 0.6) is 0 Å². The van der Waals surface area contributed by atoms with Gasteiger partial charge in [-0.3, -0.25) is 14.5 Å². The summed E-state index contributed by atoms with van der Waals surface area (Å²) in [6.07, 6.45) is 0.163. The minimum absolute atomic E-state index is 0.125. The largest absolute Gasteiger partial charge is 0.469 e. The van der Waals surface area contributed by atoms with Crippen LogP contribution in [0.1, 0.15) is 12.1 Å². The lowest BCUT2D eigenvalue weighted by Gasteiger charge is -2.15. The topological polar surface area (TPSA) is 59.5 Å². The van der Waals surface area contributed by atoms with Crippen molar-refractivity contribution >= 4 is 29.3 Å². The molecule has 1 saturated heterocycles. The zero-order chi connectivity index (χ0) is 13.3. The molecule has 0 saturated carbocycles. The number of halogens is 1. The molecule has 18 heavy (non-hydrogen) atoms. The maximum atomic E-state index is 11.8. The molecule has 1 fully saturated rings. The average Bonchev–Trinajstić information content (AvgIpc) is 2.74. The Morgan fingerprint density at radius 1 is 1.56 bits per heavy atom. The number of carbonyl (C=O) groups is 2. The first-order chi connectivity index (χ1) is 8.52. The molecule has 0 N–H and O–H groups in total. The van der Waals surface area contributed by atoms with E-state index in [9.17, 15) is 9.59 Å². The molecule has 1 aromatic rings. The fourth-order valence-corrected chi connectivity index (χ4v) is 2.04. The van der Waals surface area contributed by atoms with E-state index < -0.39 is 5.92 Å². The molecule has 1 atom stereocenters. The van der Waals surface area contributed by atoms with Gasteiger partial charge >= 0.3 is 5.97 Å². The number of amides is 1. The van der Waals surface area contributed by atoms with E-state index >= 15 is 0 Å². The van der Waals surface area contributed by atoms with Crippen LogP contribution in [0, 0.1) is 12.8 Å². The van der Waals surface area contributed by atoms with Crippen LogP contribution >= 0.6 is 11.6 Å². The van der Waals surface area contributed by atoms with Crippen molar-refractivity contribution in [1.29, 1.82) is 0 Å². The Bertz CT molecular complexity index is 504. The highest BCUT2D eigenvalue weighted by atomic mass is 35.5. The lowest BCUT2D eigenvalue weighted by molar-refractivity contribution is -0.145. The van der Waals surface area contributed by atoms with Crippen LogP contribution in [0.2, 0.25) is 5.02 Å². The van der Waals surface area contributed by atoms with Crippen molar-refractivity contribution in [3.63, 3.8) is 0 Å². The summed E-state index contributed by atoms with van der Waals surface area (Å²) in [6, 6.07) is 3.37. The number of hydrogen-bond donors (Lipinski definition) is 0. The summed E-state index contributed by atoms with van der Waals surface area (Å²) in [5, 5.41) is 0.551. The van der Waals surface area contributed by atoms with E-state index in [1.807, 2.05) is 0 Å². The molecule has 0 bridgehead atoms. The van der Waals surface area contributed by atoms with Crippen molar-refractivity contribution in [2.24, 2.45) is 5.92 Å². The van der Waals surface area contributed by atoms with Crippen LogP contribution in [0.3, 0.4) is 0 Å². The molecule has 2 rings (SSSR count). The molecule has 0 spiro atoms. The monoisotopic (exact) mass is 268 g/mol. The average molecular weight is 269 g/mol. The standard InChI is InChI=1S/C12H13ClN2O3/c1-7-9(13)3-4-10(14-7)15-6-8(5-11(15)16)12(17)18-2/h3-4,8H,5-6H2,1-2H3. The number of hydrogen-bond acceptors (Lipinski definition) is 4. The van der Waals surface area contributed by atoms with Crippen LogP contribution in [-0.2, 0) is 14.3 Å². The van der Waals surface area contributed by atoms with E-state index in [2.05, 4.69) is 9.72 Å². The minimum atomic E-state index is -0.416. The van der Waals surface area contributed by atoms with Crippen molar-refractivity contribution in [1.82, 2.24) is 4.98 Å². The minimum Gasteiger partial charge on any atom is -0.469 e.